The summed E-state index contributed by atoms with van der Waals surface area (Å²) >= 11 is 0. The summed E-state index contributed by atoms with van der Waals surface area (Å²) in [4.78, 5) is 9.34. The van der Waals surface area contributed by atoms with E-state index in [1.165, 1.54) is 6.07 Å². The van der Waals surface area contributed by atoms with Crippen LogP contribution in [0, 0.1) is 15.9 Å². The van der Waals surface area contributed by atoms with Gasteiger partial charge in [0.1, 0.15) is 10.7 Å². The first-order valence-electron chi connectivity index (χ1n) is 3.55. The van der Waals surface area contributed by atoms with Crippen LogP contribution in [-0.2, 0) is 16.5 Å². The molecule has 0 spiro atoms. The van der Waals surface area contributed by atoms with E-state index in [4.69, 9.17) is 0 Å². The van der Waals surface area contributed by atoms with Crippen molar-refractivity contribution in [2.75, 3.05) is 0 Å². The van der Waals surface area contributed by atoms with E-state index in [0.29, 0.717) is 0 Å². The first-order valence-corrected chi connectivity index (χ1v) is 4.91. The van der Waals surface area contributed by atoms with E-state index < -0.39 is 27.1 Å². The molecule has 1 rings (SSSR count). The van der Waals surface area contributed by atoms with Gasteiger partial charge in [-0.2, -0.15) is 4.39 Å². The molecule has 1 aromatic carbocycles. The number of nitrogens with zero attached hydrogens (tertiary/aromatic N) is 1. The van der Waals surface area contributed by atoms with Gasteiger partial charge in [0.15, 0.2) is 0 Å². The fourth-order valence-corrected chi connectivity index (χ4v) is 1.44. The van der Waals surface area contributed by atoms with Gasteiger partial charge in [-0.15, -0.1) is 0 Å². The summed E-state index contributed by atoms with van der Waals surface area (Å²) in [5, 5.41) is 10.2. The van der Waals surface area contributed by atoms with Crippen molar-refractivity contribution in [2.45, 2.75) is 5.75 Å². The normalized spacial score (nSPS) is 10.4. The van der Waals surface area contributed by atoms with Gasteiger partial charge in [0.2, 0.25) is 5.82 Å². The second-order valence-electron chi connectivity index (χ2n) is 2.53. The van der Waals surface area contributed by atoms with Crippen LogP contribution in [0.2, 0.25) is 0 Å². The molecule has 0 saturated heterocycles. The van der Waals surface area contributed by atoms with Crippen molar-refractivity contribution in [1.82, 2.24) is 0 Å². The zero-order chi connectivity index (χ0) is 10.7. The molecule has 0 unspecified atom stereocenters. The zero-order valence-electron chi connectivity index (χ0n) is 6.84. The fourth-order valence-electron chi connectivity index (χ4n) is 0.946. The van der Waals surface area contributed by atoms with E-state index in [0.717, 1.165) is 12.1 Å². The SMILES string of the molecule is O=[N+]([O-])c1ccc(C[SH](=O)=O)cc1F. The Labute approximate surface area is 80.3 Å². The lowest BCUT2D eigenvalue weighted by atomic mass is 10.2. The lowest BCUT2D eigenvalue weighted by Gasteiger charge is -1.96. The van der Waals surface area contributed by atoms with Gasteiger partial charge in [-0.3, -0.25) is 10.1 Å². The number of hydrogen-bond acceptors (Lipinski definition) is 4. The van der Waals surface area contributed by atoms with Gasteiger partial charge in [0.25, 0.3) is 0 Å². The molecule has 0 N–H and O–H groups in total. The monoisotopic (exact) mass is 219 g/mol. The van der Waals surface area contributed by atoms with Crippen molar-refractivity contribution < 1.29 is 17.7 Å². The highest BCUT2D eigenvalue weighted by atomic mass is 32.2. The molecule has 0 aliphatic rings. The molecule has 76 valence electrons. The van der Waals surface area contributed by atoms with E-state index in [2.05, 4.69) is 0 Å². The highest BCUT2D eigenvalue weighted by Gasteiger charge is 2.13. The van der Waals surface area contributed by atoms with E-state index >= 15 is 0 Å². The minimum absolute atomic E-state index is 0.198. The molecular formula is C7H6FNO4S. The minimum atomic E-state index is -2.65. The highest BCUT2D eigenvalue weighted by Crippen LogP contribution is 2.18. The van der Waals surface area contributed by atoms with Gasteiger partial charge in [-0.05, 0) is 11.6 Å². The Bertz CT molecular complexity index is 435. The Balaban J connectivity index is 3.06. The summed E-state index contributed by atoms with van der Waals surface area (Å²) in [6.07, 6.45) is 0. The molecule has 0 aliphatic carbocycles. The van der Waals surface area contributed by atoms with Gasteiger partial charge in [-0.1, -0.05) is 6.07 Å². The fraction of sp³-hybridized carbons (Fsp3) is 0.143. The van der Waals surface area contributed by atoms with Crippen LogP contribution in [0.25, 0.3) is 0 Å². The van der Waals surface area contributed by atoms with Crippen LogP contribution in [0.1, 0.15) is 5.56 Å². The number of thiol groups is 1. The maximum atomic E-state index is 12.9. The van der Waals surface area contributed by atoms with Gasteiger partial charge < -0.3 is 0 Å². The molecule has 7 heteroatoms. The van der Waals surface area contributed by atoms with Gasteiger partial charge >= 0.3 is 5.69 Å². The van der Waals surface area contributed by atoms with Crippen molar-refractivity contribution >= 4 is 16.4 Å². The second kappa shape index (κ2) is 4.14. The Hall–Kier alpha value is -1.50. The summed E-state index contributed by atoms with van der Waals surface area (Å²) in [6, 6.07) is 3.01. The third-order valence-corrected chi connectivity index (χ3v) is 2.14. The maximum absolute atomic E-state index is 12.9. The number of benzene rings is 1. The van der Waals surface area contributed by atoms with Gasteiger partial charge in [0, 0.05) is 6.07 Å². The standard InChI is InChI=1S/C7H6FNO4S/c8-6-3-5(4-14(12)13)1-2-7(6)9(10)11/h1-3,14H,4H2. The van der Waals surface area contributed by atoms with Crippen LogP contribution in [0.5, 0.6) is 0 Å². The summed E-state index contributed by atoms with van der Waals surface area (Å²) < 4.78 is 33.5. The summed E-state index contributed by atoms with van der Waals surface area (Å²) in [5.41, 5.74) is -0.459. The van der Waals surface area contributed by atoms with Crippen LogP contribution in [0.3, 0.4) is 0 Å². The summed E-state index contributed by atoms with van der Waals surface area (Å²) in [6.45, 7) is 0. The zero-order valence-corrected chi connectivity index (χ0v) is 7.74. The first-order chi connectivity index (χ1) is 6.50. The summed E-state index contributed by atoms with van der Waals surface area (Å²) in [5.74, 6) is -1.34. The Kier molecular flexibility index (Phi) is 3.13. The van der Waals surface area contributed by atoms with Crippen molar-refractivity contribution in [3.63, 3.8) is 0 Å². The molecule has 0 atom stereocenters. The quantitative estimate of drug-likeness (QED) is 0.464. The molecule has 0 bridgehead atoms. The number of rotatable bonds is 3. The molecule has 0 aliphatic heterocycles. The Morgan fingerprint density at radius 3 is 2.50 bits per heavy atom. The van der Waals surface area contributed by atoms with Crippen LogP contribution in [0.15, 0.2) is 18.2 Å². The van der Waals surface area contributed by atoms with Crippen molar-refractivity contribution in [3.05, 3.63) is 39.7 Å². The number of nitro groups is 1. The largest absolute Gasteiger partial charge is 0.304 e. The van der Waals surface area contributed by atoms with Crippen LogP contribution in [-0.4, -0.2) is 13.3 Å². The first kappa shape index (κ1) is 10.6. The predicted octanol–water partition coefficient (Wildman–Crippen LogP) is 0.845. The van der Waals surface area contributed by atoms with Crippen molar-refractivity contribution in [2.24, 2.45) is 0 Å². The predicted molar refractivity (Wildman–Crippen MR) is 47.1 cm³/mol. The minimum Gasteiger partial charge on any atom is -0.258 e. The third kappa shape index (κ3) is 2.49. The summed E-state index contributed by atoms with van der Waals surface area (Å²) in [7, 11) is -2.65. The molecule has 0 aromatic heterocycles. The van der Waals surface area contributed by atoms with Gasteiger partial charge in [0.05, 0.1) is 10.7 Å². The Morgan fingerprint density at radius 2 is 2.07 bits per heavy atom. The molecule has 5 nitrogen and oxygen atoms in total. The van der Waals surface area contributed by atoms with Crippen molar-refractivity contribution in [1.29, 1.82) is 0 Å². The second-order valence-corrected chi connectivity index (χ2v) is 3.52. The van der Waals surface area contributed by atoms with E-state index in [1.807, 2.05) is 0 Å². The molecular weight excluding hydrogens is 213 g/mol. The van der Waals surface area contributed by atoms with E-state index in [9.17, 15) is 22.9 Å². The third-order valence-electron chi connectivity index (χ3n) is 1.52. The van der Waals surface area contributed by atoms with Crippen LogP contribution < -0.4 is 0 Å². The number of hydrogen-bond donors (Lipinski definition) is 1. The molecule has 14 heavy (non-hydrogen) atoms. The van der Waals surface area contributed by atoms with Crippen molar-refractivity contribution in [3.8, 4) is 0 Å². The highest BCUT2D eigenvalue weighted by molar-refractivity contribution is 7.71. The molecule has 0 amide bonds. The lowest BCUT2D eigenvalue weighted by Crippen LogP contribution is -1.94. The van der Waals surface area contributed by atoms with Gasteiger partial charge in [-0.25, -0.2) is 8.42 Å². The lowest BCUT2D eigenvalue weighted by molar-refractivity contribution is -0.387. The Morgan fingerprint density at radius 1 is 1.43 bits per heavy atom. The van der Waals surface area contributed by atoms with E-state index in [1.54, 1.807) is 0 Å². The molecule has 1 aromatic rings. The van der Waals surface area contributed by atoms with Crippen LogP contribution in [0.4, 0.5) is 10.1 Å². The molecule has 0 fully saturated rings. The van der Waals surface area contributed by atoms with Crippen LogP contribution >= 0.6 is 0 Å². The number of nitro benzene ring substituents is 1. The topological polar surface area (TPSA) is 77.3 Å². The smallest absolute Gasteiger partial charge is 0.258 e. The average molecular weight is 219 g/mol. The maximum Gasteiger partial charge on any atom is 0.304 e. The number of halogens is 1. The average Bonchev–Trinajstić information content (AvgIpc) is 2.01. The molecule has 0 saturated carbocycles. The molecule has 0 radical (unpaired) electrons. The van der Waals surface area contributed by atoms with E-state index in [-0.39, 0.29) is 11.3 Å². The molecule has 0 heterocycles.